The molecule has 7 nitrogen and oxygen atoms in total. The fraction of sp³-hybridized carbons (Fsp3) is 0.640. The van der Waals surface area contributed by atoms with Gasteiger partial charge in [0.1, 0.15) is 12.1 Å². The van der Waals surface area contributed by atoms with E-state index < -0.39 is 11.7 Å². The van der Waals surface area contributed by atoms with Crippen LogP contribution in [0, 0.1) is 5.92 Å². The fourth-order valence-corrected chi connectivity index (χ4v) is 5.72. The summed E-state index contributed by atoms with van der Waals surface area (Å²) in [6, 6.07) is 4.66. The topological polar surface area (TPSA) is 70.6 Å². The molecular weight excluding hydrogens is 459 g/mol. The van der Waals surface area contributed by atoms with Crippen LogP contribution in [-0.4, -0.2) is 83.6 Å². The zero-order valence-corrected chi connectivity index (χ0v) is 19.8. The zero-order valence-electron chi connectivity index (χ0n) is 19.8. The highest BCUT2D eigenvalue weighted by Crippen LogP contribution is 2.33. The predicted molar refractivity (Wildman–Crippen MR) is 126 cm³/mol. The molecule has 1 aromatic heterocycles. The summed E-state index contributed by atoms with van der Waals surface area (Å²) in [7, 11) is 0. The van der Waals surface area contributed by atoms with Gasteiger partial charge < -0.3 is 10.1 Å². The summed E-state index contributed by atoms with van der Waals surface area (Å²) in [4.78, 5) is 25.8. The van der Waals surface area contributed by atoms with Crippen LogP contribution in [0.1, 0.15) is 37.7 Å². The standard InChI is InChI=1S/C25H32F3N5O2/c26-25(27,28)18-1-6-23-22(12-18)24(31-16-30-23)29-13-21(34)11-17-14-33(15-17)20-4-2-19(3-5-20)32-7-9-35-10-8-32/h1,6,12,16-17,19-20H,2-5,7-11,13-15H2,(H,29,30,31). The van der Waals surface area contributed by atoms with Crippen LogP contribution in [-0.2, 0) is 15.7 Å². The lowest BCUT2D eigenvalue weighted by atomic mass is 9.84. The van der Waals surface area contributed by atoms with Crippen LogP contribution in [0.4, 0.5) is 19.0 Å². The first kappa shape index (κ1) is 24.4. The van der Waals surface area contributed by atoms with Crippen molar-refractivity contribution >= 4 is 22.5 Å². The smallest absolute Gasteiger partial charge is 0.379 e. The molecule has 2 aliphatic heterocycles. The Balaban J connectivity index is 1.06. The average Bonchev–Trinajstić information content (AvgIpc) is 2.84. The summed E-state index contributed by atoms with van der Waals surface area (Å²) >= 11 is 0. The molecule has 1 aromatic carbocycles. The van der Waals surface area contributed by atoms with Gasteiger partial charge in [0, 0.05) is 50.1 Å². The first-order chi connectivity index (χ1) is 16.9. The van der Waals surface area contributed by atoms with Gasteiger partial charge in [-0.05, 0) is 49.8 Å². The molecule has 2 aromatic rings. The van der Waals surface area contributed by atoms with E-state index in [2.05, 4.69) is 25.1 Å². The Labute approximate surface area is 203 Å². The maximum atomic E-state index is 13.1. The van der Waals surface area contributed by atoms with E-state index in [-0.39, 0.29) is 23.5 Å². The van der Waals surface area contributed by atoms with Crippen LogP contribution in [0.5, 0.6) is 0 Å². The molecular formula is C25H32F3N5O2. The Bertz CT molecular complexity index is 1030. The number of hydrogen-bond donors (Lipinski definition) is 1. The third-order valence-electron chi connectivity index (χ3n) is 7.66. The lowest BCUT2D eigenvalue weighted by Gasteiger charge is -2.48. The van der Waals surface area contributed by atoms with Crippen LogP contribution < -0.4 is 5.32 Å². The van der Waals surface area contributed by atoms with Crippen molar-refractivity contribution in [1.29, 1.82) is 0 Å². The molecule has 0 amide bonds. The lowest BCUT2D eigenvalue weighted by molar-refractivity contribution is -0.137. The number of likely N-dealkylation sites (tertiary alicyclic amines) is 1. The number of carbonyl (C=O) groups excluding carboxylic acids is 1. The molecule has 0 unspecified atom stereocenters. The minimum absolute atomic E-state index is 0.0452. The highest BCUT2D eigenvalue weighted by Gasteiger charge is 2.36. The fourth-order valence-electron chi connectivity index (χ4n) is 5.72. The number of nitrogens with zero attached hydrogens (tertiary/aromatic N) is 4. The van der Waals surface area contributed by atoms with Crippen molar-refractivity contribution in [3.63, 3.8) is 0 Å². The van der Waals surface area contributed by atoms with Crippen LogP contribution in [0.15, 0.2) is 24.5 Å². The second kappa shape index (κ2) is 10.4. The summed E-state index contributed by atoms with van der Waals surface area (Å²) in [6.07, 6.45) is 2.21. The number of alkyl halides is 3. The minimum Gasteiger partial charge on any atom is -0.379 e. The van der Waals surface area contributed by atoms with Crippen LogP contribution in [0.3, 0.4) is 0 Å². The molecule has 1 aliphatic carbocycles. The molecule has 0 spiro atoms. The van der Waals surface area contributed by atoms with Crippen molar-refractivity contribution < 1.29 is 22.7 Å². The number of rotatable bonds is 7. The molecule has 5 rings (SSSR count). The average molecular weight is 492 g/mol. The van der Waals surface area contributed by atoms with Crippen LogP contribution >= 0.6 is 0 Å². The first-order valence-electron chi connectivity index (χ1n) is 12.5. The quantitative estimate of drug-likeness (QED) is 0.635. The number of ketones is 1. The molecule has 35 heavy (non-hydrogen) atoms. The third-order valence-corrected chi connectivity index (χ3v) is 7.66. The Hall–Kier alpha value is -2.30. The third kappa shape index (κ3) is 5.76. The molecule has 3 heterocycles. The van der Waals surface area contributed by atoms with E-state index in [1.807, 2.05) is 0 Å². The van der Waals surface area contributed by atoms with E-state index in [9.17, 15) is 18.0 Å². The van der Waals surface area contributed by atoms with E-state index in [0.29, 0.717) is 29.9 Å². The molecule has 2 saturated heterocycles. The van der Waals surface area contributed by atoms with Crippen molar-refractivity contribution in [2.45, 2.75) is 50.4 Å². The van der Waals surface area contributed by atoms with E-state index in [0.717, 1.165) is 51.5 Å². The zero-order chi connectivity index (χ0) is 24.4. The number of hydrogen-bond acceptors (Lipinski definition) is 7. The largest absolute Gasteiger partial charge is 0.416 e. The number of aromatic nitrogens is 2. The number of carbonyl (C=O) groups is 1. The number of fused-ring (bicyclic) bond motifs is 1. The summed E-state index contributed by atoms with van der Waals surface area (Å²) in [6.45, 7) is 5.73. The maximum Gasteiger partial charge on any atom is 0.416 e. The van der Waals surface area contributed by atoms with Crippen LogP contribution in [0.2, 0.25) is 0 Å². The molecule has 190 valence electrons. The number of ether oxygens (including phenoxy) is 1. The van der Waals surface area contributed by atoms with E-state index in [1.165, 1.54) is 38.1 Å². The van der Waals surface area contributed by atoms with Gasteiger partial charge in [-0.1, -0.05) is 0 Å². The summed E-state index contributed by atoms with van der Waals surface area (Å²) in [5.41, 5.74) is -0.358. The van der Waals surface area contributed by atoms with Gasteiger partial charge in [0.05, 0.1) is 30.8 Å². The van der Waals surface area contributed by atoms with Crippen LogP contribution in [0.25, 0.3) is 10.9 Å². The molecule has 10 heteroatoms. The second-order valence-corrected chi connectivity index (χ2v) is 9.98. The van der Waals surface area contributed by atoms with Gasteiger partial charge in [-0.2, -0.15) is 13.2 Å². The van der Waals surface area contributed by atoms with Gasteiger partial charge in [-0.3, -0.25) is 14.6 Å². The normalized spacial score (nSPS) is 24.9. The maximum absolute atomic E-state index is 13.1. The van der Waals surface area contributed by atoms with E-state index in [1.54, 1.807) is 0 Å². The number of halogens is 3. The molecule has 0 bridgehead atoms. The number of Topliss-reactive ketones (excluding diaryl/α,β-unsaturated/α-hetero) is 1. The minimum atomic E-state index is -4.45. The number of morpholine rings is 1. The first-order valence-corrected chi connectivity index (χ1v) is 12.5. The van der Waals surface area contributed by atoms with Crippen molar-refractivity contribution in [3.8, 4) is 0 Å². The van der Waals surface area contributed by atoms with Crippen molar-refractivity contribution in [2.75, 3.05) is 51.3 Å². The lowest BCUT2D eigenvalue weighted by Crippen LogP contribution is -2.55. The number of benzene rings is 1. The van der Waals surface area contributed by atoms with Crippen molar-refractivity contribution in [1.82, 2.24) is 19.8 Å². The van der Waals surface area contributed by atoms with Crippen molar-refractivity contribution in [3.05, 3.63) is 30.1 Å². The molecule has 3 aliphatic rings. The summed E-state index contributed by atoms with van der Waals surface area (Å²) < 4.78 is 44.8. The number of nitrogens with one attached hydrogen (secondary N) is 1. The predicted octanol–water partition coefficient (Wildman–Crippen LogP) is 3.59. The Kier molecular flexibility index (Phi) is 7.22. The Morgan fingerprint density at radius 2 is 1.71 bits per heavy atom. The highest BCUT2D eigenvalue weighted by molar-refractivity contribution is 5.91. The van der Waals surface area contributed by atoms with Crippen molar-refractivity contribution in [2.24, 2.45) is 5.92 Å². The monoisotopic (exact) mass is 491 g/mol. The van der Waals surface area contributed by atoms with Gasteiger partial charge in [0.15, 0.2) is 5.78 Å². The van der Waals surface area contributed by atoms with Gasteiger partial charge in [-0.25, -0.2) is 9.97 Å². The van der Waals surface area contributed by atoms with Gasteiger partial charge in [0.2, 0.25) is 0 Å². The number of anilines is 1. The Morgan fingerprint density at radius 1 is 1.03 bits per heavy atom. The second-order valence-electron chi connectivity index (χ2n) is 9.98. The van der Waals surface area contributed by atoms with Gasteiger partial charge in [0.25, 0.3) is 0 Å². The van der Waals surface area contributed by atoms with E-state index in [4.69, 9.17) is 4.74 Å². The molecule has 1 N–H and O–H groups in total. The summed E-state index contributed by atoms with van der Waals surface area (Å²) in [5, 5.41) is 3.20. The molecule has 3 fully saturated rings. The molecule has 0 radical (unpaired) electrons. The van der Waals surface area contributed by atoms with E-state index >= 15 is 0 Å². The SMILES string of the molecule is O=C(CNc1ncnc2ccc(C(F)(F)F)cc12)CC1CN(C2CCC(N3CCOCC3)CC2)C1. The van der Waals surface area contributed by atoms with Gasteiger partial charge >= 0.3 is 6.18 Å². The highest BCUT2D eigenvalue weighted by atomic mass is 19.4. The summed E-state index contributed by atoms with van der Waals surface area (Å²) in [5.74, 6) is 0.645. The molecule has 1 saturated carbocycles. The van der Waals surface area contributed by atoms with Gasteiger partial charge in [-0.15, -0.1) is 0 Å². The molecule has 0 atom stereocenters. The Morgan fingerprint density at radius 3 is 2.40 bits per heavy atom.